The molecule has 11 heteroatoms. The Balaban J connectivity index is 0.00000364. The number of hydrogen-bond acceptors (Lipinski definition) is 9. The van der Waals surface area contributed by atoms with Gasteiger partial charge in [0.15, 0.2) is 11.6 Å². The zero-order chi connectivity index (χ0) is 18.8. The van der Waals surface area contributed by atoms with E-state index in [1.165, 1.54) is 12.3 Å². The predicted molar refractivity (Wildman–Crippen MR) is 93.5 cm³/mol. The highest BCUT2D eigenvalue weighted by atomic mass is 16.6. The van der Waals surface area contributed by atoms with E-state index >= 15 is 0 Å². The normalized spacial score (nSPS) is 10.4. The number of aromatic hydroxyl groups is 1. The summed E-state index contributed by atoms with van der Waals surface area (Å²) in [7, 11) is 1.61. The van der Waals surface area contributed by atoms with E-state index < -0.39 is 11.8 Å². The van der Waals surface area contributed by atoms with Crippen LogP contribution in [0.4, 0.5) is 0 Å². The highest BCUT2D eigenvalue weighted by molar-refractivity contribution is 5.82. The molecule has 27 heavy (non-hydrogen) atoms. The first-order valence-corrected chi connectivity index (χ1v) is 7.73. The van der Waals surface area contributed by atoms with Crippen LogP contribution >= 0.6 is 0 Å². The molecule has 0 atom stereocenters. The molecule has 0 spiro atoms. The minimum absolute atomic E-state index is 0. The van der Waals surface area contributed by atoms with Crippen LogP contribution in [0.25, 0.3) is 5.82 Å². The molecule has 0 aromatic carbocycles. The number of carbonyl (C=O) groups is 1. The molecule has 0 saturated carbocycles. The van der Waals surface area contributed by atoms with Gasteiger partial charge in [-0.25, -0.2) is 14.8 Å². The lowest BCUT2D eigenvalue weighted by Gasteiger charge is -2.09. The van der Waals surface area contributed by atoms with E-state index in [2.05, 4.69) is 15.1 Å². The maximum atomic E-state index is 10.8. The van der Waals surface area contributed by atoms with Gasteiger partial charge in [0.25, 0.3) is 5.82 Å². The van der Waals surface area contributed by atoms with Crippen molar-refractivity contribution in [2.24, 2.45) is 0 Å². The van der Waals surface area contributed by atoms with E-state index in [1.807, 2.05) is 0 Å². The highest BCUT2D eigenvalue weighted by Crippen LogP contribution is 2.23. The van der Waals surface area contributed by atoms with Crippen LogP contribution in [-0.2, 0) is 14.2 Å². The topological polar surface area (TPSA) is 138 Å². The Labute approximate surface area is 156 Å². The minimum Gasteiger partial charge on any atom is -0.504 e. The highest BCUT2D eigenvalue weighted by Gasteiger charge is 2.13. The molecule has 0 aliphatic heterocycles. The molecule has 2 rings (SSSR count). The molecule has 2 aromatic heterocycles. The molecular formula is C16H24N4O7. The Morgan fingerprint density at radius 1 is 1.11 bits per heavy atom. The number of aromatic carboxylic acids is 1. The molecule has 2 N–H and O–H groups in total. The summed E-state index contributed by atoms with van der Waals surface area (Å²) in [5, 5.41) is 22.5. The second kappa shape index (κ2) is 11.8. The fourth-order valence-corrected chi connectivity index (χ4v) is 1.83. The Hall–Kier alpha value is -2.76. The lowest BCUT2D eigenvalue weighted by atomic mass is 10.4. The van der Waals surface area contributed by atoms with Crippen molar-refractivity contribution in [2.75, 3.05) is 46.8 Å². The quantitative estimate of drug-likeness (QED) is 0.504. The van der Waals surface area contributed by atoms with Gasteiger partial charge in [0.05, 0.1) is 39.2 Å². The number of nitrogens with zero attached hydrogens (tertiary/aromatic N) is 4. The first kappa shape index (κ1) is 22.3. The number of carboxylic acids is 1. The third-order valence-corrected chi connectivity index (χ3v) is 3.02. The SMILES string of the molecule is C.COCCOCCOCCOc1cnc(-n2cnc(C(=O)O)n2)c(O)c1. The van der Waals surface area contributed by atoms with Gasteiger partial charge in [-0.3, -0.25) is 0 Å². The molecule has 0 saturated heterocycles. The van der Waals surface area contributed by atoms with Gasteiger partial charge in [0, 0.05) is 13.2 Å². The molecular weight excluding hydrogens is 360 g/mol. The fourth-order valence-electron chi connectivity index (χ4n) is 1.83. The molecule has 0 aliphatic carbocycles. The number of rotatable bonds is 12. The van der Waals surface area contributed by atoms with E-state index in [9.17, 15) is 9.90 Å². The first-order valence-electron chi connectivity index (χ1n) is 7.73. The summed E-state index contributed by atoms with van der Waals surface area (Å²) >= 11 is 0. The van der Waals surface area contributed by atoms with E-state index in [-0.39, 0.29) is 25.6 Å². The van der Waals surface area contributed by atoms with Crippen molar-refractivity contribution >= 4 is 5.97 Å². The van der Waals surface area contributed by atoms with Crippen molar-refractivity contribution in [2.45, 2.75) is 7.43 Å². The van der Waals surface area contributed by atoms with Gasteiger partial charge in [-0.2, -0.15) is 4.68 Å². The molecule has 0 unspecified atom stereocenters. The van der Waals surface area contributed by atoms with Crippen LogP contribution in [0.1, 0.15) is 18.0 Å². The van der Waals surface area contributed by atoms with Crippen LogP contribution in [0, 0.1) is 0 Å². The van der Waals surface area contributed by atoms with Gasteiger partial charge < -0.3 is 29.2 Å². The summed E-state index contributed by atoms with van der Waals surface area (Å²) in [6, 6.07) is 1.35. The Morgan fingerprint density at radius 3 is 2.37 bits per heavy atom. The molecule has 0 amide bonds. The molecule has 2 aromatic rings. The molecule has 11 nitrogen and oxygen atoms in total. The predicted octanol–water partition coefficient (Wildman–Crippen LogP) is 0.761. The minimum atomic E-state index is -1.27. The smallest absolute Gasteiger partial charge is 0.375 e. The molecule has 0 aliphatic rings. The van der Waals surface area contributed by atoms with Gasteiger partial charge in [0.2, 0.25) is 0 Å². The van der Waals surface area contributed by atoms with Crippen LogP contribution < -0.4 is 4.74 Å². The van der Waals surface area contributed by atoms with Gasteiger partial charge in [-0.05, 0) is 0 Å². The third kappa shape index (κ3) is 7.17. The van der Waals surface area contributed by atoms with Crippen molar-refractivity contribution in [3.63, 3.8) is 0 Å². The summed E-state index contributed by atoms with van der Waals surface area (Å²) < 4.78 is 21.9. The summed E-state index contributed by atoms with van der Waals surface area (Å²) in [5.41, 5.74) is 0. The zero-order valence-corrected chi connectivity index (χ0v) is 14.2. The van der Waals surface area contributed by atoms with Crippen molar-refractivity contribution in [1.82, 2.24) is 19.7 Å². The molecule has 0 radical (unpaired) electrons. The summed E-state index contributed by atoms with van der Waals surface area (Å²) in [6.45, 7) is 2.59. The van der Waals surface area contributed by atoms with E-state index in [1.54, 1.807) is 7.11 Å². The molecule has 150 valence electrons. The second-order valence-corrected chi connectivity index (χ2v) is 4.90. The van der Waals surface area contributed by atoms with Gasteiger partial charge in [-0.15, -0.1) is 5.10 Å². The molecule has 0 fully saturated rings. The Bertz CT molecular complexity index is 708. The Morgan fingerprint density at radius 2 is 1.78 bits per heavy atom. The van der Waals surface area contributed by atoms with Crippen LogP contribution in [0.3, 0.4) is 0 Å². The number of ether oxygens (including phenoxy) is 4. The monoisotopic (exact) mass is 384 g/mol. The third-order valence-electron chi connectivity index (χ3n) is 3.02. The summed E-state index contributed by atoms with van der Waals surface area (Å²) in [6.07, 6.45) is 2.53. The number of aromatic nitrogens is 4. The summed E-state index contributed by atoms with van der Waals surface area (Å²) in [5.74, 6) is -1.51. The largest absolute Gasteiger partial charge is 0.504 e. The number of hydrogen-bond donors (Lipinski definition) is 2. The van der Waals surface area contributed by atoms with Gasteiger partial charge >= 0.3 is 5.97 Å². The summed E-state index contributed by atoms with van der Waals surface area (Å²) in [4.78, 5) is 18.4. The lowest BCUT2D eigenvalue weighted by Crippen LogP contribution is -2.12. The van der Waals surface area contributed by atoms with Crippen molar-refractivity contribution < 1.29 is 34.0 Å². The van der Waals surface area contributed by atoms with E-state index in [4.69, 9.17) is 24.1 Å². The average Bonchev–Trinajstić information content (AvgIpc) is 3.10. The maximum absolute atomic E-state index is 10.8. The molecule has 2 heterocycles. The van der Waals surface area contributed by atoms with Crippen LogP contribution in [0.5, 0.6) is 11.5 Å². The van der Waals surface area contributed by atoms with E-state index in [0.717, 1.165) is 11.0 Å². The van der Waals surface area contributed by atoms with Crippen LogP contribution in [0.15, 0.2) is 18.6 Å². The van der Waals surface area contributed by atoms with Crippen LogP contribution in [0.2, 0.25) is 0 Å². The lowest BCUT2D eigenvalue weighted by molar-refractivity contribution is 0.0179. The number of carboxylic acid groups (broad SMARTS) is 1. The van der Waals surface area contributed by atoms with Crippen molar-refractivity contribution in [3.8, 4) is 17.3 Å². The van der Waals surface area contributed by atoms with Gasteiger partial charge in [0.1, 0.15) is 18.7 Å². The fraction of sp³-hybridized carbons (Fsp3) is 0.500. The zero-order valence-electron chi connectivity index (χ0n) is 14.2. The molecule has 0 bridgehead atoms. The second-order valence-electron chi connectivity index (χ2n) is 4.90. The van der Waals surface area contributed by atoms with Crippen molar-refractivity contribution in [1.29, 1.82) is 0 Å². The number of pyridine rings is 1. The van der Waals surface area contributed by atoms with Gasteiger partial charge in [-0.1, -0.05) is 7.43 Å². The average molecular weight is 384 g/mol. The maximum Gasteiger partial charge on any atom is 0.375 e. The van der Waals surface area contributed by atoms with E-state index in [0.29, 0.717) is 38.8 Å². The van der Waals surface area contributed by atoms with Crippen molar-refractivity contribution in [3.05, 3.63) is 24.4 Å². The first-order chi connectivity index (χ1) is 12.6. The van der Waals surface area contributed by atoms with Crippen LogP contribution in [-0.4, -0.2) is 82.7 Å². The Kier molecular flexibility index (Phi) is 9.72. The number of methoxy groups -OCH3 is 1. The standard InChI is InChI=1S/C15H20N4O7.CH4/c1-23-2-3-24-4-5-25-6-7-26-11-8-12(20)14(16-9-11)19-10-17-13(18-19)15(21)22;/h8-10,20H,2-7H2,1H3,(H,21,22);1H4.